The predicted molar refractivity (Wildman–Crippen MR) is 69.1 cm³/mol. The maximum atomic E-state index is 12.1. The number of amides is 1. The molecule has 90 valence electrons. The highest BCUT2D eigenvalue weighted by Gasteiger charge is 2.64. The van der Waals surface area contributed by atoms with Crippen molar-refractivity contribution < 1.29 is 4.79 Å². The first-order valence-electron chi connectivity index (χ1n) is 5.87. The fourth-order valence-corrected chi connectivity index (χ4v) is 3.58. The highest BCUT2D eigenvalue weighted by atomic mass is 79.9. The van der Waals surface area contributed by atoms with Gasteiger partial charge in [-0.2, -0.15) is 0 Å². The Labute approximate surface area is 109 Å². The minimum absolute atomic E-state index is 0.0480. The number of carbonyl (C=O) groups excluding carboxylic acids is 1. The first kappa shape index (κ1) is 11.2. The largest absolute Gasteiger partial charge is 0.293 e. The van der Waals surface area contributed by atoms with Crippen LogP contribution in [0, 0.1) is 5.41 Å². The average molecular weight is 295 g/mol. The lowest BCUT2D eigenvalue weighted by Crippen LogP contribution is -2.55. The van der Waals surface area contributed by atoms with Crippen molar-refractivity contribution in [3.63, 3.8) is 0 Å². The highest BCUT2D eigenvalue weighted by Crippen LogP contribution is 2.69. The second-order valence-corrected chi connectivity index (χ2v) is 6.34. The molecule has 3 nitrogen and oxygen atoms in total. The number of nitrogens with two attached hydrogens (primary N) is 1. The molecule has 2 aliphatic rings. The molecule has 3 N–H and O–H groups in total. The van der Waals surface area contributed by atoms with Crippen molar-refractivity contribution in [2.24, 2.45) is 11.3 Å². The number of carbonyl (C=O) groups is 1. The summed E-state index contributed by atoms with van der Waals surface area (Å²) in [5.41, 5.74) is 3.47. The molecule has 0 bridgehead atoms. The Kier molecular flexibility index (Phi) is 2.35. The Hall–Kier alpha value is -0.870. The van der Waals surface area contributed by atoms with Crippen molar-refractivity contribution in [3.8, 4) is 0 Å². The monoisotopic (exact) mass is 294 g/mol. The molecule has 4 heteroatoms. The molecule has 2 saturated carbocycles. The lowest BCUT2D eigenvalue weighted by Gasteiger charge is -2.47. The standard InChI is InChI=1S/C13H15BrN2O/c14-10-3-1-2-9(6-10)13(11(17)16-15)7-12(8-13)4-5-12/h1-3,6H,4-5,7-8,15H2,(H,16,17). The number of hydrogen-bond acceptors (Lipinski definition) is 2. The molecule has 0 radical (unpaired) electrons. The van der Waals surface area contributed by atoms with Crippen LogP contribution in [0.2, 0.25) is 0 Å². The van der Waals surface area contributed by atoms with E-state index in [9.17, 15) is 4.79 Å². The lowest BCUT2D eigenvalue weighted by molar-refractivity contribution is -0.133. The van der Waals surface area contributed by atoms with Crippen molar-refractivity contribution in [2.45, 2.75) is 31.1 Å². The molecule has 1 aromatic carbocycles. The molecule has 2 fully saturated rings. The predicted octanol–water partition coefficient (Wildman–Crippen LogP) is 2.25. The molecule has 1 amide bonds. The molecule has 0 unspecified atom stereocenters. The Morgan fingerprint density at radius 3 is 2.59 bits per heavy atom. The van der Waals surface area contributed by atoms with Crippen LogP contribution in [-0.2, 0) is 10.2 Å². The third kappa shape index (κ3) is 1.62. The van der Waals surface area contributed by atoms with Crippen LogP contribution in [0.1, 0.15) is 31.2 Å². The van der Waals surface area contributed by atoms with Crippen LogP contribution in [0.15, 0.2) is 28.7 Å². The van der Waals surface area contributed by atoms with Crippen LogP contribution < -0.4 is 11.3 Å². The number of nitrogens with one attached hydrogen (secondary N) is 1. The minimum Gasteiger partial charge on any atom is -0.293 e. The maximum Gasteiger partial charge on any atom is 0.244 e. The van der Waals surface area contributed by atoms with Gasteiger partial charge in [-0.15, -0.1) is 0 Å². The van der Waals surface area contributed by atoms with E-state index in [0.717, 1.165) is 22.9 Å². The summed E-state index contributed by atoms with van der Waals surface area (Å²) in [5.74, 6) is 5.29. The molecule has 1 aromatic rings. The van der Waals surface area contributed by atoms with Crippen LogP contribution in [0.5, 0.6) is 0 Å². The van der Waals surface area contributed by atoms with Crippen molar-refractivity contribution in [2.75, 3.05) is 0 Å². The number of halogens is 1. The van der Waals surface area contributed by atoms with Gasteiger partial charge in [0.15, 0.2) is 0 Å². The van der Waals surface area contributed by atoms with Crippen LogP contribution in [-0.4, -0.2) is 5.91 Å². The third-order valence-corrected chi connectivity index (χ3v) is 4.75. The molecule has 0 aliphatic heterocycles. The summed E-state index contributed by atoms with van der Waals surface area (Å²) < 4.78 is 1.01. The summed E-state index contributed by atoms with van der Waals surface area (Å²) in [7, 11) is 0. The van der Waals surface area contributed by atoms with Crippen LogP contribution in [0.4, 0.5) is 0 Å². The Morgan fingerprint density at radius 1 is 1.35 bits per heavy atom. The van der Waals surface area contributed by atoms with E-state index in [-0.39, 0.29) is 5.91 Å². The SMILES string of the molecule is NNC(=O)C1(c2cccc(Br)c2)CC2(CC2)C1. The molecular formula is C13H15BrN2O. The molecule has 0 atom stereocenters. The molecule has 17 heavy (non-hydrogen) atoms. The van der Waals surface area contributed by atoms with Gasteiger partial charge in [-0.3, -0.25) is 10.2 Å². The minimum atomic E-state index is -0.394. The van der Waals surface area contributed by atoms with E-state index in [0.29, 0.717) is 5.41 Å². The molecule has 1 spiro atoms. The van der Waals surface area contributed by atoms with Gasteiger partial charge in [0.1, 0.15) is 0 Å². The van der Waals surface area contributed by atoms with E-state index in [1.165, 1.54) is 12.8 Å². The van der Waals surface area contributed by atoms with E-state index in [4.69, 9.17) is 5.84 Å². The Balaban J connectivity index is 1.97. The first-order valence-corrected chi connectivity index (χ1v) is 6.67. The number of hydrogen-bond donors (Lipinski definition) is 2. The van der Waals surface area contributed by atoms with Gasteiger partial charge in [0, 0.05) is 4.47 Å². The molecule has 3 rings (SSSR count). The summed E-state index contributed by atoms with van der Waals surface area (Å²) in [4.78, 5) is 12.1. The van der Waals surface area contributed by atoms with Crippen molar-refractivity contribution in [3.05, 3.63) is 34.3 Å². The van der Waals surface area contributed by atoms with Gasteiger partial charge in [0.2, 0.25) is 5.91 Å². The Bertz CT molecular complexity index is 474. The summed E-state index contributed by atoms with van der Waals surface area (Å²) in [6, 6.07) is 8.01. The van der Waals surface area contributed by atoms with Crippen molar-refractivity contribution >= 4 is 21.8 Å². The summed E-state index contributed by atoms with van der Waals surface area (Å²) in [6.07, 6.45) is 4.42. The van der Waals surface area contributed by atoms with Gasteiger partial charge >= 0.3 is 0 Å². The maximum absolute atomic E-state index is 12.1. The number of rotatable bonds is 2. The quantitative estimate of drug-likeness (QED) is 0.499. The Morgan fingerprint density at radius 2 is 2.06 bits per heavy atom. The van der Waals surface area contributed by atoms with E-state index in [1.54, 1.807) is 0 Å². The highest BCUT2D eigenvalue weighted by molar-refractivity contribution is 9.10. The zero-order valence-corrected chi connectivity index (χ0v) is 11.1. The van der Waals surface area contributed by atoms with Gasteiger partial charge in [-0.05, 0) is 48.8 Å². The molecule has 0 aromatic heterocycles. The second-order valence-electron chi connectivity index (χ2n) is 5.42. The van der Waals surface area contributed by atoms with E-state index < -0.39 is 5.41 Å². The summed E-state index contributed by atoms with van der Waals surface area (Å²) in [5, 5.41) is 0. The van der Waals surface area contributed by atoms with Crippen LogP contribution in [0.3, 0.4) is 0 Å². The molecule has 0 saturated heterocycles. The molecule has 2 aliphatic carbocycles. The fraction of sp³-hybridized carbons (Fsp3) is 0.462. The molecule has 0 heterocycles. The zero-order chi connectivity index (χ0) is 12.1. The van der Waals surface area contributed by atoms with Crippen LogP contribution in [0.25, 0.3) is 0 Å². The van der Waals surface area contributed by atoms with Gasteiger partial charge in [-0.1, -0.05) is 28.1 Å². The van der Waals surface area contributed by atoms with Gasteiger partial charge in [-0.25, -0.2) is 5.84 Å². The first-order chi connectivity index (χ1) is 8.10. The summed E-state index contributed by atoms with van der Waals surface area (Å²) in [6.45, 7) is 0. The lowest BCUT2D eigenvalue weighted by atomic mass is 9.56. The summed E-state index contributed by atoms with van der Waals surface area (Å²) >= 11 is 3.46. The van der Waals surface area contributed by atoms with Gasteiger partial charge in [0.05, 0.1) is 5.41 Å². The number of benzene rings is 1. The van der Waals surface area contributed by atoms with E-state index in [2.05, 4.69) is 21.4 Å². The normalized spacial score (nSPS) is 22.9. The number of hydrazine groups is 1. The second kappa shape index (κ2) is 3.56. The smallest absolute Gasteiger partial charge is 0.244 e. The average Bonchev–Trinajstić information content (AvgIpc) is 3.05. The van der Waals surface area contributed by atoms with Crippen molar-refractivity contribution in [1.29, 1.82) is 0 Å². The molecular weight excluding hydrogens is 280 g/mol. The van der Waals surface area contributed by atoms with E-state index in [1.807, 2.05) is 24.3 Å². The van der Waals surface area contributed by atoms with E-state index >= 15 is 0 Å². The van der Waals surface area contributed by atoms with Crippen LogP contribution >= 0.6 is 15.9 Å². The van der Waals surface area contributed by atoms with Crippen molar-refractivity contribution in [1.82, 2.24) is 5.43 Å². The topological polar surface area (TPSA) is 55.1 Å². The van der Waals surface area contributed by atoms with Gasteiger partial charge < -0.3 is 0 Å². The zero-order valence-electron chi connectivity index (χ0n) is 9.50. The third-order valence-electron chi connectivity index (χ3n) is 4.25. The van der Waals surface area contributed by atoms with Gasteiger partial charge in [0.25, 0.3) is 0 Å². The fourth-order valence-electron chi connectivity index (χ4n) is 3.18.